The van der Waals surface area contributed by atoms with Gasteiger partial charge in [0.05, 0.1) is 13.2 Å². The van der Waals surface area contributed by atoms with Crippen LogP contribution in [0.3, 0.4) is 0 Å². The van der Waals surface area contributed by atoms with E-state index in [1.807, 2.05) is 6.07 Å². The van der Waals surface area contributed by atoms with Crippen LogP contribution in [0.1, 0.15) is 17.9 Å². The molecule has 2 N–H and O–H groups in total. The monoisotopic (exact) mass is 269 g/mol. The zero-order valence-corrected chi connectivity index (χ0v) is 10.2. The van der Waals surface area contributed by atoms with E-state index in [-0.39, 0.29) is 0 Å². The minimum atomic E-state index is 0.453. The first-order chi connectivity index (χ1) is 7.31. The molecule has 0 radical (unpaired) electrons. The van der Waals surface area contributed by atoms with Gasteiger partial charge in [-0.25, -0.2) is 0 Å². The molecule has 0 aliphatic carbocycles. The third-order valence-corrected chi connectivity index (χ3v) is 3.68. The van der Waals surface area contributed by atoms with Gasteiger partial charge in [-0.1, -0.05) is 34.1 Å². The summed E-state index contributed by atoms with van der Waals surface area (Å²) in [5.74, 6) is 1.15. The molecule has 1 unspecified atom stereocenters. The lowest BCUT2D eigenvalue weighted by molar-refractivity contribution is -0.0382. The fraction of sp³-hybridized carbons (Fsp3) is 0.500. The third-order valence-electron chi connectivity index (χ3n) is 2.95. The number of halogens is 1. The first-order valence-electron chi connectivity index (χ1n) is 5.33. The van der Waals surface area contributed by atoms with E-state index in [2.05, 4.69) is 34.1 Å². The van der Waals surface area contributed by atoms with E-state index in [1.54, 1.807) is 0 Å². The summed E-state index contributed by atoms with van der Waals surface area (Å²) in [5.41, 5.74) is 7.16. The van der Waals surface area contributed by atoms with E-state index in [1.165, 1.54) is 10.0 Å². The Morgan fingerprint density at radius 1 is 1.40 bits per heavy atom. The summed E-state index contributed by atoms with van der Waals surface area (Å²) in [6, 6.07) is 8.34. The lowest BCUT2D eigenvalue weighted by Crippen LogP contribution is -2.30. The average Bonchev–Trinajstić information content (AvgIpc) is 2.19. The predicted octanol–water partition coefficient (Wildman–Crippen LogP) is 2.53. The van der Waals surface area contributed by atoms with Crippen molar-refractivity contribution < 1.29 is 4.74 Å². The molecule has 0 aromatic heterocycles. The van der Waals surface area contributed by atoms with Gasteiger partial charge in [-0.05, 0) is 30.5 Å². The van der Waals surface area contributed by atoms with Crippen molar-refractivity contribution in [3.8, 4) is 0 Å². The summed E-state index contributed by atoms with van der Waals surface area (Å²) >= 11 is 3.58. The van der Waals surface area contributed by atoms with E-state index in [0.29, 0.717) is 18.4 Å². The zero-order valence-electron chi connectivity index (χ0n) is 8.66. The Kier molecular flexibility index (Phi) is 3.78. The summed E-state index contributed by atoms with van der Waals surface area (Å²) < 4.78 is 6.36. The van der Waals surface area contributed by atoms with Crippen LogP contribution in [0, 0.1) is 5.92 Å². The smallest absolute Gasteiger partial charge is 0.0516 e. The van der Waals surface area contributed by atoms with Crippen LogP contribution >= 0.6 is 15.9 Å². The highest BCUT2D eigenvalue weighted by molar-refractivity contribution is 9.10. The minimum absolute atomic E-state index is 0.453. The number of hydrogen-bond donors (Lipinski definition) is 1. The van der Waals surface area contributed by atoms with Crippen molar-refractivity contribution in [2.75, 3.05) is 19.8 Å². The van der Waals surface area contributed by atoms with Crippen molar-refractivity contribution in [1.82, 2.24) is 0 Å². The molecule has 1 atom stereocenters. The van der Waals surface area contributed by atoms with Gasteiger partial charge in [0, 0.05) is 10.4 Å². The Morgan fingerprint density at radius 2 is 2.13 bits per heavy atom. The number of ether oxygens (including phenoxy) is 1. The van der Waals surface area contributed by atoms with Crippen LogP contribution in [0.2, 0.25) is 0 Å². The lowest BCUT2D eigenvalue weighted by Gasteiger charge is -2.29. The normalized spacial score (nSPS) is 18.5. The van der Waals surface area contributed by atoms with Gasteiger partial charge in [0.25, 0.3) is 0 Å². The van der Waals surface area contributed by atoms with E-state index >= 15 is 0 Å². The fourth-order valence-electron chi connectivity index (χ4n) is 1.98. The van der Waals surface area contributed by atoms with Gasteiger partial charge in [0.2, 0.25) is 0 Å². The van der Waals surface area contributed by atoms with Crippen LogP contribution < -0.4 is 5.73 Å². The molecule has 0 bridgehead atoms. The van der Waals surface area contributed by atoms with Gasteiger partial charge in [0.15, 0.2) is 0 Å². The Balaban J connectivity index is 2.07. The fourth-order valence-corrected chi connectivity index (χ4v) is 2.59. The van der Waals surface area contributed by atoms with Crippen molar-refractivity contribution in [2.45, 2.75) is 12.3 Å². The van der Waals surface area contributed by atoms with E-state index in [4.69, 9.17) is 10.5 Å². The van der Waals surface area contributed by atoms with Crippen molar-refractivity contribution in [3.05, 3.63) is 34.3 Å². The van der Waals surface area contributed by atoms with Crippen LogP contribution in [0.4, 0.5) is 0 Å². The highest BCUT2D eigenvalue weighted by Gasteiger charge is 2.24. The second kappa shape index (κ2) is 5.10. The van der Waals surface area contributed by atoms with Crippen LogP contribution in [0.25, 0.3) is 0 Å². The van der Waals surface area contributed by atoms with Crippen molar-refractivity contribution in [2.24, 2.45) is 11.7 Å². The first-order valence-corrected chi connectivity index (χ1v) is 6.12. The quantitative estimate of drug-likeness (QED) is 0.912. The van der Waals surface area contributed by atoms with Crippen LogP contribution in [0.15, 0.2) is 28.7 Å². The topological polar surface area (TPSA) is 35.2 Å². The highest BCUT2D eigenvalue weighted by Crippen LogP contribution is 2.31. The molecule has 1 aromatic rings. The Morgan fingerprint density at radius 3 is 2.67 bits per heavy atom. The maximum atomic E-state index is 5.84. The second-order valence-electron chi connectivity index (χ2n) is 4.09. The molecule has 1 heterocycles. The van der Waals surface area contributed by atoms with Crippen molar-refractivity contribution >= 4 is 15.9 Å². The highest BCUT2D eigenvalue weighted by atomic mass is 79.9. The second-order valence-corrected chi connectivity index (χ2v) is 4.95. The van der Waals surface area contributed by atoms with Gasteiger partial charge in [-0.3, -0.25) is 0 Å². The molecule has 82 valence electrons. The minimum Gasteiger partial charge on any atom is -0.381 e. The third kappa shape index (κ3) is 2.60. The molecule has 1 aliphatic rings. The summed E-state index contributed by atoms with van der Waals surface area (Å²) in [6.07, 6.45) is 1.14. The Bertz CT molecular complexity index is 325. The van der Waals surface area contributed by atoms with Gasteiger partial charge in [0.1, 0.15) is 0 Å². The molecule has 1 saturated heterocycles. The Labute approximate surface area is 98.9 Å². The van der Waals surface area contributed by atoms with Crippen LogP contribution in [0.5, 0.6) is 0 Å². The predicted molar refractivity (Wildman–Crippen MR) is 64.9 cm³/mol. The summed E-state index contributed by atoms with van der Waals surface area (Å²) in [5, 5.41) is 0. The van der Waals surface area contributed by atoms with Crippen molar-refractivity contribution in [1.29, 1.82) is 0 Å². The number of benzene rings is 1. The summed E-state index contributed by atoms with van der Waals surface area (Å²) in [6.45, 7) is 2.51. The van der Waals surface area contributed by atoms with E-state index in [0.717, 1.165) is 19.6 Å². The molecular weight excluding hydrogens is 254 g/mol. The lowest BCUT2D eigenvalue weighted by atomic mass is 9.88. The van der Waals surface area contributed by atoms with Crippen molar-refractivity contribution in [3.63, 3.8) is 0 Å². The van der Waals surface area contributed by atoms with Gasteiger partial charge in [-0.15, -0.1) is 0 Å². The number of nitrogens with two attached hydrogens (primary N) is 1. The molecule has 0 saturated carbocycles. The van der Waals surface area contributed by atoms with Gasteiger partial charge >= 0.3 is 0 Å². The molecule has 0 spiro atoms. The van der Waals surface area contributed by atoms with Crippen LogP contribution in [-0.2, 0) is 4.74 Å². The van der Waals surface area contributed by atoms with E-state index in [9.17, 15) is 0 Å². The van der Waals surface area contributed by atoms with E-state index < -0.39 is 0 Å². The Hall–Kier alpha value is -0.380. The molecule has 2 rings (SSSR count). The average molecular weight is 270 g/mol. The maximum absolute atomic E-state index is 5.84. The standard InChI is InChI=1S/C12H16BrNO/c13-12-4-2-1-3-11(12)10(6-14)5-9-7-15-8-9/h1-4,9-10H,5-8,14H2. The molecule has 1 fully saturated rings. The van der Waals surface area contributed by atoms with Crippen LogP contribution in [-0.4, -0.2) is 19.8 Å². The first kappa shape index (κ1) is 11.1. The van der Waals surface area contributed by atoms with Gasteiger partial charge in [-0.2, -0.15) is 0 Å². The molecule has 1 aliphatic heterocycles. The number of rotatable bonds is 4. The molecule has 1 aromatic carbocycles. The zero-order chi connectivity index (χ0) is 10.7. The molecule has 2 nitrogen and oxygen atoms in total. The number of hydrogen-bond acceptors (Lipinski definition) is 2. The van der Waals surface area contributed by atoms with Gasteiger partial charge < -0.3 is 10.5 Å². The molecule has 3 heteroatoms. The largest absolute Gasteiger partial charge is 0.381 e. The maximum Gasteiger partial charge on any atom is 0.0516 e. The molecular formula is C12H16BrNO. The summed E-state index contributed by atoms with van der Waals surface area (Å²) in [7, 11) is 0. The molecule has 0 amide bonds. The SMILES string of the molecule is NCC(CC1COC1)c1ccccc1Br. The molecule has 15 heavy (non-hydrogen) atoms. The summed E-state index contributed by atoms with van der Waals surface area (Å²) in [4.78, 5) is 0.